The van der Waals surface area contributed by atoms with Crippen molar-refractivity contribution in [1.29, 1.82) is 0 Å². The van der Waals surface area contributed by atoms with E-state index in [4.69, 9.17) is 4.52 Å². The first-order chi connectivity index (χ1) is 12.7. The molecule has 1 aromatic carbocycles. The molecule has 10 heteroatoms. The maximum absolute atomic E-state index is 13.1. The van der Waals surface area contributed by atoms with E-state index in [0.29, 0.717) is 12.0 Å². The maximum atomic E-state index is 13.1. The molecule has 1 atom stereocenters. The van der Waals surface area contributed by atoms with Crippen molar-refractivity contribution in [1.82, 2.24) is 15.5 Å². The summed E-state index contributed by atoms with van der Waals surface area (Å²) in [5.74, 6) is -7.40. The maximum Gasteiger partial charge on any atom is 0.325 e. The van der Waals surface area contributed by atoms with E-state index in [1.807, 2.05) is 0 Å². The number of aromatic nitrogens is 2. The van der Waals surface area contributed by atoms with Crippen molar-refractivity contribution in [3.05, 3.63) is 42.6 Å². The number of rotatable bonds is 9. The number of alkyl halides is 2. The fourth-order valence-corrected chi connectivity index (χ4v) is 2.08. The van der Waals surface area contributed by atoms with Crippen molar-refractivity contribution < 1.29 is 27.7 Å². The van der Waals surface area contributed by atoms with Crippen LogP contribution in [0.1, 0.15) is 30.5 Å². The summed E-state index contributed by atoms with van der Waals surface area (Å²) in [5, 5.41) is 5.98. The lowest BCUT2D eigenvalue weighted by atomic mass is 10.1. The van der Waals surface area contributed by atoms with Gasteiger partial charge >= 0.3 is 5.92 Å². The Morgan fingerprint density at radius 2 is 1.96 bits per heavy atom. The van der Waals surface area contributed by atoms with E-state index < -0.39 is 36.0 Å². The van der Waals surface area contributed by atoms with Gasteiger partial charge in [-0.1, -0.05) is 42.4 Å². The fraction of sp³-hybridized carbons (Fsp3) is 0.294. The Bertz CT molecular complexity index is 823. The van der Waals surface area contributed by atoms with Gasteiger partial charge in [0, 0.05) is 12.0 Å². The summed E-state index contributed by atoms with van der Waals surface area (Å²) in [6.07, 6.45) is -0.449. The van der Waals surface area contributed by atoms with Crippen molar-refractivity contribution in [3.8, 4) is 11.4 Å². The Morgan fingerprint density at radius 3 is 2.56 bits per heavy atom. The smallest absolute Gasteiger partial charge is 0.325 e. The van der Waals surface area contributed by atoms with Gasteiger partial charge in [-0.25, -0.2) is 0 Å². The Hall–Kier alpha value is -3.17. The molecule has 27 heavy (non-hydrogen) atoms. The average Bonchev–Trinajstić information content (AvgIpc) is 3.14. The van der Waals surface area contributed by atoms with Crippen LogP contribution < -0.4 is 11.1 Å². The normalized spacial score (nSPS) is 12.4. The molecule has 1 radical (unpaired) electrons. The number of hydrogen-bond acceptors (Lipinski definition) is 6. The van der Waals surface area contributed by atoms with Crippen molar-refractivity contribution >= 4 is 17.6 Å². The third-order valence-electron chi connectivity index (χ3n) is 3.61. The number of nitrogens with zero attached hydrogens (tertiary/aromatic N) is 2. The average molecular weight is 379 g/mol. The van der Waals surface area contributed by atoms with Crippen molar-refractivity contribution in [2.75, 3.05) is 0 Å². The van der Waals surface area contributed by atoms with Gasteiger partial charge in [-0.15, -0.1) is 0 Å². The molecule has 0 unspecified atom stereocenters. The number of ketones is 1. The number of carbonyl (C=O) groups excluding carboxylic acids is 3. The Balaban J connectivity index is 2.01. The molecular weight excluding hydrogens is 362 g/mol. The van der Waals surface area contributed by atoms with Crippen molar-refractivity contribution in [2.24, 2.45) is 5.73 Å². The number of benzene rings is 1. The minimum absolute atomic E-state index is 0.160. The predicted molar refractivity (Wildman–Crippen MR) is 89.3 cm³/mol. The zero-order valence-corrected chi connectivity index (χ0v) is 14.3. The first kappa shape index (κ1) is 20.1. The zero-order chi connectivity index (χ0) is 20.0. The van der Waals surface area contributed by atoms with Gasteiger partial charge in [-0.2, -0.15) is 13.8 Å². The fourth-order valence-electron chi connectivity index (χ4n) is 2.08. The molecule has 2 amide bonds. The van der Waals surface area contributed by atoms with Crippen LogP contribution in [0.3, 0.4) is 0 Å². The van der Waals surface area contributed by atoms with E-state index in [2.05, 4.69) is 21.2 Å². The molecule has 1 aromatic heterocycles. The van der Waals surface area contributed by atoms with Gasteiger partial charge in [0.15, 0.2) is 0 Å². The first-order valence-electron chi connectivity index (χ1n) is 7.99. The van der Waals surface area contributed by atoms with Crippen LogP contribution in [0.2, 0.25) is 0 Å². The number of Topliss-reactive ketones (excluding diaryl/α,β-unsaturated/α-hetero) is 1. The van der Waals surface area contributed by atoms with Crippen LogP contribution in [0.25, 0.3) is 11.4 Å². The van der Waals surface area contributed by atoms with E-state index >= 15 is 0 Å². The van der Waals surface area contributed by atoms with Crippen LogP contribution in [0.5, 0.6) is 0 Å². The molecule has 3 N–H and O–H groups in total. The molecule has 0 fully saturated rings. The van der Waals surface area contributed by atoms with Crippen LogP contribution in [0, 0.1) is 6.42 Å². The summed E-state index contributed by atoms with van der Waals surface area (Å²) < 4.78 is 31.2. The number of nitrogens with one attached hydrogen (secondary N) is 1. The highest BCUT2D eigenvalue weighted by Gasteiger charge is 2.37. The molecule has 0 saturated heterocycles. The summed E-state index contributed by atoms with van der Waals surface area (Å²) in [5.41, 5.74) is 5.17. The molecule has 1 heterocycles. The molecule has 2 aromatic rings. The van der Waals surface area contributed by atoms with Gasteiger partial charge in [0.2, 0.25) is 17.5 Å². The van der Waals surface area contributed by atoms with Crippen LogP contribution >= 0.6 is 0 Å². The molecule has 0 bridgehead atoms. The van der Waals surface area contributed by atoms with Crippen molar-refractivity contribution in [2.45, 2.75) is 31.7 Å². The van der Waals surface area contributed by atoms with E-state index in [1.54, 1.807) is 37.3 Å². The summed E-state index contributed by atoms with van der Waals surface area (Å²) in [4.78, 5) is 38.7. The van der Waals surface area contributed by atoms with Crippen LogP contribution in [-0.4, -0.2) is 39.7 Å². The minimum Gasteiger partial charge on any atom is -0.364 e. The van der Waals surface area contributed by atoms with Gasteiger partial charge in [0.05, 0.1) is 12.5 Å². The monoisotopic (exact) mass is 379 g/mol. The second-order valence-electron chi connectivity index (χ2n) is 5.60. The Morgan fingerprint density at radius 1 is 1.30 bits per heavy atom. The Labute approximate surface area is 153 Å². The summed E-state index contributed by atoms with van der Waals surface area (Å²) in [6, 6.07) is 7.73. The third-order valence-corrected chi connectivity index (χ3v) is 3.61. The van der Waals surface area contributed by atoms with Gasteiger partial charge in [-0.3, -0.25) is 14.4 Å². The number of carbonyl (C=O) groups is 3. The highest BCUT2D eigenvalue weighted by Crippen LogP contribution is 2.19. The predicted octanol–water partition coefficient (Wildman–Crippen LogP) is 1.53. The van der Waals surface area contributed by atoms with Crippen LogP contribution in [0.4, 0.5) is 8.78 Å². The van der Waals surface area contributed by atoms with E-state index in [9.17, 15) is 23.2 Å². The largest absolute Gasteiger partial charge is 0.364 e. The topological polar surface area (TPSA) is 128 Å². The number of nitrogens with two attached hydrogens (primary N) is 1. The van der Waals surface area contributed by atoms with E-state index in [1.165, 1.54) is 0 Å². The zero-order valence-electron chi connectivity index (χ0n) is 14.3. The number of amides is 2. The molecule has 0 saturated carbocycles. The molecule has 2 rings (SSSR count). The van der Waals surface area contributed by atoms with E-state index in [0.717, 1.165) is 0 Å². The molecular formula is C17H17F2N4O4. The molecule has 143 valence electrons. The van der Waals surface area contributed by atoms with E-state index in [-0.39, 0.29) is 18.1 Å². The second kappa shape index (κ2) is 8.47. The highest BCUT2D eigenvalue weighted by atomic mass is 19.3. The van der Waals surface area contributed by atoms with Gasteiger partial charge in [0.1, 0.15) is 0 Å². The summed E-state index contributed by atoms with van der Waals surface area (Å²) >= 11 is 0. The van der Waals surface area contributed by atoms with Crippen molar-refractivity contribution in [3.63, 3.8) is 0 Å². The molecule has 0 spiro atoms. The first-order valence-corrected chi connectivity index (χ1v) is 7.99. The number of hydrogen-bond donors (Lipinski definition) is 2. The van der Waals surface area contributed by atoms with Gasteiger partial charge in [-0.05, 0) is 6.42 Å². The molecule has 0 aliphatic heterocycles. The highest BCUT2D eigenvalue weighted by molar-refractivity contribution is 5.99. The van der Waals surface area contributed by atoms with Gasteiger partial charge in [0.25, 0.3) is 11.8 Å². The lowest BCUT2D eigenvalue weighted by Crippen LogP contribution is -2.42. The second-order valence-corrected chi connectivity index (χ2v) is 5.60. The summed E-state index contributed by atoms with van der Waals surface area (Å²) in [6.45, 7) is 1.61. The molecule has 0 aliphatic rings. The standard InChI is InChI=1S/C17H17F2N4O4/c1-2-11(21-12(24)8-9-17(18,19)16(20)26)13(25)15-22-14(23-27-15)10-6-4-3-5-7-10/h3-8,11H,2,9H2,1H3,(H2,20,26)(H,21,24)/t11-/m0/s1. The number of primary amides is 1. The third kappa shape index (κ3) is 5.16. The quantitative estimate of drug-likeness (QED) is 0.636. The molecule has 0 aliphatic carbocycles. The lowest BCUT2D eigenvalue weighted by Gasteiger charge is -2.15. The minimum atomic E-state index is -3.85. The lowest BCUT2D eigenvalue weighted by molar-refractivity contribution is -0.142. The van der Waals surface area contributed by atoms with Crippen LogP contribution in [-0.2, 0) is 9.59 Å². The summed E-state index contributed by atoms with van der Waals surface area (Å²) in [7, 11) is 0. The Kier molecular flexibility index (Phi) is 6.32. The number of halogens is 2. The van der Waals surface area contributed by atoms with Crippen LogP contribution in [0.15, 0.2) is 34.9 Å². The SMILES string of the molecule is CC[C@H](NC(=O)[CH]CC(F)(F)C(N)=O)C(=O)c1nc(-c2ccccc2)no1. The van der Waals surface area contributed by atoms with Gasteiger partial charge < -0.3 is 15.6 Å². The molecule has 8 nitrogen and oxygen atoms in total.